The van der Waals surface area contributed by atoms with Crippen molar-refractivity contribution in [1.29, 1.82) is 0 Å². The fraction of sp³-hybridized carbons (Fsp3) is 0.280. The lowest BCUT2D eigenvalue weighted by molar-refractivity contribution is -0.133. The smallest absolute Gasteiger partial charge is 0.253 e. The van der Waals surface area contributed by atoms with Crippen LogP contribution in [-0.2, 0) is 4.79 Å². The second kappa shape index (κ2) is 8.68. The van der Waals surface area contributed by atoms with E-state index in [1.807, 2.05) is 42.2 Å². The summed E-state index contributed by atoms with van der Waals surface area (Å²) in [5, 5.41) is 11.5. The highest BCUT2D eigenvalue weighted by Crippen LogP contribution is 2.26. The first kappa shape index (κ1) is 20.7. The molecule has 3 aromatic carbocycles. The summed E-state index contributed by atoms with van der Waals surface area (Å²) in [6.07, 6.45) is 0. The molecule has 0 aliphatic carbocycles. The first-order valence-electron chi connectivity index (χ1n) is 10.4. The van der Waals surface area contributed by atoms with E-state index in [0.29, 0.717) is 31.7 Å². The lowest BCUT2D eigenvalue weighted by Crippen LogP contribution is -2.51. The minimum atomic E-state index is -0.258. The molecule has 1 fully saturated rings. The molecule has 4 rings (SSSR count). The number of carbonyl (C=O) groups is 2. The summed E-state index contributed by atoms with van der Waals surface area (Å²) in [7, 11) is 1.65. The summed E-state index contributed by atoms with van der Waals surface area (Å²) >= 11 is 0. The molecule has 0 bridgehead atoms. The van der Waals surface area contributed by atoms with Crippen LogP contribution in [0, 0.1) is 0 Å². The number of piperazine rings is 1. The quantitative estimate of drug-likeness (QED) is 0.702. The number of ether oxygens (including phenoxy) is 1. The Labute approximate surface area is 181 Å². The van der Waals surface area contributed by atoms with Gasteiger partial charge >= 0.3 is 0 Å². The van der Waals surface area contributed by atoms with E-state index < -0.39 is 0 Å². The molecule has 1 saturated heterocycles. The minimum Gasteiger partial charge on any atom is -0.508 e. The number of hydrogen-bond acceptors (Lipinski definition) is 4. The fourth-order valence-corrected chi connectivity index (χ4v) is 3.97. The van der Waals surface area contributed by atoms with Gasteiger partial charge in [0.2, 0.25) is 5.91 Å². The second-order valence-corrected chi connectivity index (χ2v) is 7.86. The molecule has 0 spiro atoms. The van der Waals surface area contributed by atoms with E-state index in [1.165, 1.54) is 12.1 Å². The molecule has 1 atom stereocenters. The van der Waals surface area contributed by atoms with Crippen LogP contribution in [0.15, 0.2) is 60.7 Å². The Hall–Kier alpha value is -3.54. The maximum Gasteiger partial charge on any atom is 0.253 e. The van der Waals surface area contributed by atoms with Gasteiger partial charge in [-0.1, -0.05) is 24.3 Å². The number of phenols is 1. The Morgan fingerprint density at radius 1 is 0.871 bits per heavy atom. The maximum atomic E-state index is 13.1. The van der Waals surface area contributed by atoms with Crippen LogP contribution in [0.3, 0.4) is 0 Å². The highest BCUT2D eigenvalue weighted by molar-refractivity contribution is 5.94. The maximum absolute atomic E-state index is 13.1. The Kier molecular flexibility index (Phi) is 5.80. The van der Waals surface area contributed by atoms with Crippen molar-refractivity contribution >= 4 is 22.6 Å². The Morgan fingerprint density at radius 2 is 1.48 bits per heavy atom. The highest BCUT2D eigenvalue weighted by atomic mass is 16.5. The number of methoxy groups -OCH3 is 1. The van der Waals surface area contributed by atoms with E-state index in [4.69, 9.17) is 4.74 Å². The van der Waals surface area contributed by atoms with Gasteiger partial charge in [0, 0.05) is 31.7 Å². The van der Waals surface area contributed by atoms with Gasteiger partial charge in [-0.2, -0.15) is 0 Å². The fourth-order valence-electron chi connectivity index (χ4n) is 3.97. The first-order chi connectivity index (χ1) is 15.0. The monoisotopic (exact) mass is 418 g/mol. The largest absolute Gasteiger partial charge is 0.508 e. The number of rotatable bonds is 4. The van der Waals surface area contributed by atoms with E-state index in [1.54, 1.807) is 24.1 Å². The Bertz CT molecular complexity index is 1100. The van der Waals surface area contributed by atoms with Gasteiger partial charge in [-0.15, -0.1) is 0 Å². The van der Waals surface area contributed by atoms with Crippen LogP contribution < -0.4 is 4.74 Å². The van der Waals surface area contributed by atoms with E-state index in [-0.39, 0.29) is 23.5 Å². The molecule has 0 unspecified atom stereocenters. The number of carbonyl (C=O) groups excluding carboxylic acids is 2. The van der Waals surface area contributed by atoms with Gasteiger partial charge in [-0.3, -0.25) is 9.59 Å². The van der Waals surface area contributed by atoms with Gasteiger partial charge in [0.1, 0.15) is 11.5 Å². The number of fused-ring (bicyclic) bond motifs is 1. The van der Waals surface area contributed by atoms with Crippen LogP contribution in [0.5, 0.6) is 11.5 Å². The van der Waals surface area contributed by atoms with Gasteiger partial charge in [0.05, 0.1) is 13.0 Å². The predicted octanol–water partition coefficient (Wildman–Crippen LogP) is 3.64. The van der Waals surface area contributed by atoms with Crippen LogP contribution >= 0.6 is 0 Å². The van der Waals surface area contributed by atoms with E-state index in [9.17, 15) is 14.7 Å². The zero-order valence-corrected chi connectivity index (χ0v) is 17.7. The average Bonchev–Trinajstić information content (AvgIpc) is 2.82. The number of nitrogens with zero attached hydrogens (tertiary/aromatic N) is 2. The topological polar surface area (TPSA) is 70.1 Å². The number of benzene rings is 3. The molecule has 31 heavy (non-hydrogen) atoms. The molecule has 1 aliphatic rings. The normalized spacial score (nSPS) is 15.0. The molecule has 0 radical (unpaired) electrons. The van der Waals surface area contributed by atoms with Gasteiger partial charge in [0.15, 0.2) is 0 Å². The van der Waals surface area contributed by atoms with Crippen molar-refractivity contribution in [1.82, 2.24) is 9.80 Å². The van der Waals surface area contributed by atoms with E-state index in [0.717, 1.165) is 22.1 Å². The van der Waals surface area contributed by atoms with Crippen molar-refractivity contribution in [2.24, 2.45) is 0 Å². The Balaban J connectivity index is 1.40. The minimum absolute atomic E-state index is 0.0737. The summed E-state index contributed by atoms with van der Waals surface area (Å²) in [5.41, 5.74) is 1.52. The molecule has 3 aromatic rings. The number of hydrogen-bond donors (Lipinski definition) is 1. The number of aromatic hydroxyl groups is 1. The van der Waals surface area contributed by atoms with Crippen molar-refractivity contribution < 1.29 is 19.4 Å². The third-order valence-corrected chi connectivity index (χ3v) is 5.93. The van der Waals surface area contributed by atoms with Crippen LogP contribution in [0.1, 0.15) is 28.8 Å². The predicted molar refractivity (Wildman–Crippen MR) is 120 cm³/mol. The lowest BCUT2D eigenvalue weighted by Gasteiger charge is -2.36. The molecule has 0 saturated carbocycles. The molecular weight excluding hydrogens is 392 g/mol. The average molecular weight is 418 g/mol. The van der Waals surface area contributed by atoms with Crippen LogP contribution in [0.4, 0.5) is 0 Å². The zero-order valence-electron chi connectivity index (χ0n) is 17.7. The third kappa shape index (κ3) is 4.33. The van der Waals surface area contributed by atoms with Gasteiger partial charge < -0.3 is 19.6 Å². The number of amides is 2. The molecule has 160 valence electrons. The molecule has 1 aliphatic heterocycles. The molecule has 6 nitrogen and oxygen atoms in total. The van der Waals surface area contributed by atoms with E-state index in [2.05, 4.69) is 6.07 Å². The summed E-state index contributed by atoms with van der Waals surface area (Å²) in [6, 6.07) is 18.2. The zero-order chi connectivity index (χ0) is 22.0. The van der Waals surface area contributed by atoms with Gasteiger partial charge in [-0.25, -0.2) is 0 Å². The molecule has 6 heteroatoms. The van der Waals surface area contributed by atoms with Crippen molar-refractivity contribution in [3.8, 4) is 11.5 Å². The molecule has 0 aromatic heterocycles. The first-order valence-corrected chi connectivity index (χ1v) is 10.4. The summed E-state index contributed by atoms with van der Waals surface area (Å²) in [5.74, 6) is 0.679. The molecule has 2 amide bonds. The van der Waals surface area contributed by atoms with Crippen LogP contribution in [-0.4, -0.2) is 60.0 Å². The molecular formula is C25H26N2O4. The third-order valence-electron chi connectivity index (χ3n) is 5.93. The second-order valence-electron chi connectivity index (χ2n) is 7.86. The molecule has 1 N–H and O–H groups in total. The Morgan fingerprint density at radius 3 is 2.16 bits per heavy atom. The highest BCUT2D eigenvalue weighted by Gasteiger charge is 2.28. The SMILES string of the molecule is COc1ccc2cc([C@H](C)C(=O)N3CCN(C(=O)c4ccc(O)cc4)CC3)ccc2c1. The summed E-state index contributed by atoms with van der Waals surface area (Å²) in [6.45, 7) is 3.95. The van der Waals surface area contributed by atoms with E-state index >= 15 is 0 Å². The lowest BCUT2D eigenvalue weighted by atomic mass is 9.96. The summed E-state index contributed by atoms with van der Waals surface area (Å²) in [4.78, 5) is 29.3. The number of phenolic OH excluding ortho intramolecular Hbond substituents is 1. The van der Waals surface area contributed by atoms with Crippen molar-refractivity contribution in [3.05, 3.63) is 71.8 Å². The van der Waals surface area contributed by atoms with Crippen molar-refractivity contribution in [3.63, 3.8) is 0 Å². The standard InChI is InChI=1S/C25H26N2O4/c1-17(19-3-4-21-16-23(31-2)10-7-20(21)15-19)24(29)26-11-13-27(14-12-26)25(30)18-5-8-22(28)9-6-18/h3-10,15-17,28H,11-14H2,1-2H3/t17-/m0/s1. The molecule has 1 heterocycles. The van der Waals surface area contributed by atoms with Gasteiger partial charge in [-0.05, 0) is 59.7 Å². The van der Waals surface area contributed by atoms with Crippen LogP contribution in [0.2, 0.25) is 0 Å². The van der Waals surface area contributed by atoms with Crippen molar-refractivity contribution in [2.75, 3.05) is 33.3 Å². The van der Waals surface area contributed by atoms with Gasteiger partial charge in [0.25, 0.3) is 5.91 Å². The van der Waals surface area contributed by atoms with Crippen molar-refractivity contribution in [2.45, 2.75) is 12.8 Å². The van der Waals surface area contributed by atoms with Crippen LogP contribution in [0.25, 0.3) is 10.8 Å². The summed E-state index contributed by atoms with van der Waals surface area (Å²) < 4.78 is 5.28.